The number of halogens is 1. The van der Waals surface area contributed by atoms with E-state index < -0.39 is 6.17 Å². The highest BCUT2D eigenvalue weighted by Gasteiger charge is 2.48. The van der Waals surface area contributed by atoms with Crippen molar-refractivity contribution in [1.29, 1.82) is 0 Å². The average Bonchev–Trinajstić information content (AvgIpc) is 3.55. The van der Waals surface area contributed by atoms with Crippen LogP contribution in [0.1, 0.15) is 32.1 Å². The third kappa shape index (κ3) is 3.14. The van der Waals surface area contributed by atoms with E-state index in [1.54, 1.807) is 19.2 Å². The molecule has 2 unspecified atom stereocenters. The highest BCUT2D eigenvalue weighted by molar-refractivity contribution is 5.86. The molecule has 8 nitrogen and oxygen atoms in total. The number of aryl methyl sites for hydroxylation is 1. The Hall–Kier alpha value is -3.07. The first-order valence-corrected chi connectivity index (χ1v) is 11.2. The fourth-order valence-corrected chi connectivity index (χ4v) is 5.28. The number of piperidine rings is 1. The van der Waals surface area contributed by atoms with Gasteiger partial charge in [-0.1, -0.05) is 0 Å². The second-order valence-corrected chi connectivity index (χ2v) is 9.26. The van der Waals surface area contributed by atoms with Gasteiger partial charge in [-0.05, 0) is 56.4 Å². The lowest BCUT2D eigenvalue weighted by molar-refractivity contribution is 0.171. The van der Waals surface area contributed by atoms with Crippen molar-refractivity contribution >= 4 is 16.7 Å². The first kappa shape index (κ1) is 19.6. The van der Waals surface area contributed by atoms with Gasteiger partial charge in [0.05, 0.1) is 29.0 Å². The lowest BCUT2D eigenvalue weighted by Crippen LogP contribution is -2.57. The number of fused-ring (bicyclic) bond motifs is 3. The standard InChI is InChI=1S/C23H25FN6O2/c1-29-11-25-18-9-14(20(31)10-15(18)23(29)32)16-6-7-21(28-27-16)30(13-3-4-13)19-8-12-2-5-17(26-12)22(19)24/h6-7,9-13,17,19,22,26,31H,2-5,8H2,1H3/t12?,17?,19-,22+/m1/s1. The number of nitrogens with one attached hydrogen (secondary N) is 1. The predicted octanol–water partition coefficient (Wildman–Crippen LogP) is 2.30. The molecule has 0 spiro atoms. The van der Waals surface area contributed by atoms with Gasteiger partial charge >= 0.3 is 0 Å². The summed E-state index contributed by atoms with van der Waals surface area (Å²) in [7, 11) is 1.62. The number of anilines is 1. The molecule has 3 fully saturated rings. The van der Waals surface area contributed by atoms with Crippen molar-refractivity contribution in [2.24, 2.45) is 7.05 Å². The van der Waals surface area contributed by atoms with Gasteiger partial charge in [0.1, 0.15) is 11.9 Å². The lowest BCUT2D eigenvalue weighted by atomic mass is 9.95. The van der Waals surface area contributed by atoms with Crippen molar-refractivity contribution in [3.05, 3.63) is 40.9 Å². The Kier molecular flexibility index (Phi) is 4.43. The minimum atomic E-state index is -0.922. The number of hydrogen-bond donors (Lipinski definition) is 2. The topological polar surface area (TPSA) is 96.2 Å². The quantitative estimate of drug-likeness (QED) is 0.648. The van der Waals surface area contributed by atoms with E-state index in [4.69, 9.17) is 0 Å². The van der Waals surface area contributed by atoms with Crippen molar-refractivity contribution in [2.45, 2.75) is 62.4 Å². The molecule has 1 aliphatic carbocycles. The molecule has 2 aromatic heterocycles. The van der Waals surface area contributed by atoms with Crippen molar-refractivity contribution in [2.75, 3.05) is 4.90 Å². The van der Waals surface area contributed by atoms with E-state index >= 15 is 4.39 Å². The van der Waals surface area contributed by atoms with Crippen molar-refractivity contribution in [1.82, 2.24) is 25.1 Å². The van der Waals surface area contributed by atoms with Gasteiger partial charge < -0.3 is 19.9 Å². The van der Waals surface area contributed by atoms with E-state index in [2.05, 4.69) is 25.4 Å². The maximum Gasteiger partial charge on any atom is 0.261 e. The fraction of sp³-hybridized carbons (Fsp3) is 0.478. The van der Waals surface area contributed by atoms with Crippen LogP contribution in [0.4, 0.5) is 10.2 Å². The van der Waals surface area contributed by atoms with Crippen LogP contribution in [0.5, 0.6) is 5.75 Å². The Morgan fingerprint density at radius 3 is 2.78 bits per heavy atom. The van der Waals surface area contributed by atoms with Crippen LogP contribution < -0.4 is 15.8 Å². The summed E-state index contributed by atoms with van der Waals surface area (Å²) in [5.41, 5.74) is 1.19. The van der Waals surface area contributed by atoms with Gasteiger partial charge in [0.15, 0.2) is 5.82 Å². The minimum absolute atomic E-state index is 0.0533. The van der Waals surface area contributed by atoms with E-state index in [1.165, 1.54) is 17.0 Å². The molecular weight excluding hydrogens is 411 g/mol. The number of phenols is 1. The van der Waals surface area contributed by atoms with Crippen molar-refractivity contribution in [3.63, 3.8) is 0 Å². The largest absolute Gasteiger partial charge is 0.507 e. The molecule has 2 saturated heterocycles. The Balaban J connectivity index is 1.34. The van der Waals surface area contributed by atoms with Gasteiger partial charge in [-0.25, -0.2) is 9.37 Å². The van der Waals surface area contributed by atoms with Crippen LogP contribution in [-0.4, -0.2) is 55.2 Å². The summed E-state index contributed by atoms with van der Waals surface area (Å²) in [5.74, 6) is 0.625. The molecule has 32 heavy (non-hydrogen) atoms. The number of hydrogen-bond acceptors (Lipinski definition) is 7. The van der Waals surface area contributed by atoms with E-state index in [0.717, 1.165) is 32.1 Å². The highest BCUT2D eigenvalue weighted by Crippen LogP contribution is 2.40. The third-order valence-electron chi connectivity index (χ3n) is 7.08. The Labute approximate surface area is 184 Å². The van der Waals surface area contributed by atoms with E-state index in [-0.39, 0.29) is 23.4 Å². The molecule has 4 heterocycles. The first-order valence-electron chi connectivity index (χ1n) is 11.2. The molecule has 6 rings (SSSR count). The zero-order valence-electron chi connectivity index (χ0n) is 17.8. The summed E-state index contributed by atoms with van der Waals surface area (Å²) in [6, 6.07) is 7.16. The monoisotopic (exact) mass is 436 g/mol. The fourth-order valence-electron chi connectivity index (χ4n) is 5.28. The van der Waals surface area contributed by atoms with Gasteiger partial charge in [0.25, 0.3) is 5.56 Å². The van der Waals surface area contributed by atoms with Gasteiger partial charge in [-0.3, -0.25) is 4.79 Å². The predicted molar refractivity (Wildman–Crippen MR) is 118 cm³/mol. The molecule has 9 heteroatoms. The second kappa shape index (κ2) is 7.23. The summed E-state index contributed by atoms with van der Waals surface area (Å²) < 4.78 is 16.6. The van der Waals surface area contributed by atoms with Crippen LogP contribution in [-0.2, 0) is 7.05 Å². The normalized spacial score (nSPS) is 27.1. The van der Waals surface area contributed by atoms with Crippen LogP contribution in [0.2, 0.25) is 0 Å². The van der Waals surface area contributed by atoms with E-state index in [1.807, 2.05) is 6.07 Å². The molecule has 3 aliphatic rings. The maximum atomic E-state index is 15.3. The molecule has 2 bridgehead atoms. The minimum Gasteiger partial charge on any atom is -0.507 e. The SMILES string of the molecule is Cn1cnc2cc(-c3ccc(N(C4CC4)[C@@H]4CC5CCC(N5)[C@@H]4F)nn3)c(O)cc2c1=O. The lowest BCUT2D eigenvalue weighted by Gasteiger charge is -2.41. The second-order valence-electron chi connectivity index (χ2n) is 9.26. The zero-order valence-corrected chi connectivity index (χ0v) is 17.8. The van der Waals surface area contributed by atoms with E-state index in [0.29, 0.717) is 40.1 Å². The number of benzene rings is 1. The first-order chi connectivity index (χ1) is 15.5. The molecule has 1 saturated carbocycles. The van der Waals surface area contributed by atoms with Crippen LogP contribution in [0.3, 0.4) is 0 Å². The van der Waals surface area contributed by atoms with Gasteiger partial charge in [-0.15, -0.1) is 10.2 Å². The Morgan fingerprint density at radius 2 is 2.03 bits per heavy atom. The number of alkyl halides is 1. The van der Waals surface area contributed by atoms with Gasteiger partial charge in [0, 0.05) is 30.7 Å². The average molecular weight is 436 g/mol. The van der Waals surface area contributed by atoms with Gasteiger partial charge in [0.2, 0.25) is 0 Å². The highest BCUT2D eigenvalue weighted by atomic mass is 19.1. The molecular formula is C23H25FN6O2. The summed E-state index contributed by atoms with van der Waals surface area (Å²) in [6.07, 6.45) is 5.32. The smallest absolute Gasteiger partial charge is 0.261 e. The van der Waals surface area contributed by atoms with Crippen LogP contribution in [0, 0.1) is 0 Å². The number of aromatic nitrogens is 4. The summed E-state index contributed by atoms with van der Waals surface area (Å²) in [6.45, 7) is 0. The molecule has 4 atom stereocenters. The Morgan fingerprint density at radius 1 is 1.19 bits per heavy atom. The number of nitrogens with zero attached hydrogens (tertiary/aromatic N) is 5. The third-order valence-corrected chi connectivity index (χ3v) is 7.08. The molecule has 2 N–H and O–H groups in total. The van der Waals surface area contributed by atoms with Crippen LogP contribution in [0.25, 0.3) is 22.2 Å². The van der Waals surface area contributed by atoms with E-state index in [9.17, 15) is 9.90 Å². The molecule has 2 aliphatic heterocycles. The summed E-state index contributed by atoms with van der Waals surface area (Å²) >= 11 is 0. The van der Waals surface area contributed by atoms with Crippen molar-refractivity contribution < 1.29 is 9.50 Å². The Bertz CT molecular complexity index is 1240. The molecule has 1 aromatic carbocycles. The number of rotatable bonds is 4. The number of phenolic OH excluding ortho intramolecular Hbond substituents is 1. The molecule has 166 valence electrons. The number of aromatic hydroxyl groups is 1. The van der Waals surface area contributed by atoms with Crippen molar-refractivity contribution in [3.8, 4) is 17.0 Å². The zero-order chi connectivity index (χ0) is 22.0. The van der Waals surface area contributed by atoms with Gasteiger partial charge in [-0.2, -0.15) is 0 Å². The molecule has 3 aromatic rings. The molecule has 0 amide bonds. The van der Waals surface area contributed by atoms with Crippen LogP contribution >= 0.6 is 0 Å². The molecule has 0 radical (unpaired) electrons. The van der Waals surface area contributed by atoms with Crippen LogP contribution in [0.15, 0.2) is 35.4 Å². The summed E-state index contributed by atoms with van der Waals surface area (Å²) in [4.78, 5) is 18.7. The maximum absolute atomic E-state index is 15.3. The summed E-state index contributed by atoms with van der Waals surface area (Å²) in [5, 5.41) is 23.1.